The zero-order chi connectivity index (χ0) is 13.2. The summed E-state index contributed by atoms with van der Waals surface area (Å²) in [5.41, 5.74) is 1.59. The van der Waals surface area contributed by atoms with Gasteiger partial charge >= 0.3 is 7.12 Å². The first-order chi connectivity index (χ1) is 9.22. The third-order valence-electron chi connectivity index (χ3n) is 3.37. The SMILES string of the molecule is OB(O)c1cccc(CN2CCn3cnnc3C2)c1. The molecule has 98 valence electrons. The van der Waals surface area contributed by atoms with Crippen molar-refractivity contribution >= 4 is 12.6 Å². The molecule has 1 aliphatic rings. The Balaban J connectivity index is 1.71. The molecule has 0 aliphatic carbocycles. The highest BCUT2D eigenvalue weighted by Gasteiger charge is 2.18. The lowest BCUT2D eigenvalue weighted by atomic mass is 9.79. The summed E-state index contributed by atoms with van der Waals surface area (Å²) in [7, 11) is -1.41. The van der Waals surface area contributed by atoms with Gasteiger partial charge in [-0.15, -0.1) is 10.2 Å². The maximum absolute atomic E-state index is 9.18. The molecule has 6 nitrogen and oxygen atoms in total. The van der Waals surface area contributed by atoms with Gasteiger partial charge in [0.1, 0.15) is 12.2 Å². The Kier molecular flexibility index (Phi) is 3.33. The lowest BCUT2D eigenvalue weighted by Crippen LogP contribution is -2.34. The van der Waals surface area contributed by atoms with Gasteiger partial charge in [0, 0.05) is 19.6 Å². The zero-order valence-electron chi connectivity index (χ0n) is 10.5. The van der Waals surface area contributed by atoms with Gasteiger partial charge in [0.2, 0.25) is 0 Å². The molecule has 1 aliphatic heterocycles. The largest absolute Gasteiger partial charge is 0.488 e. The number of rotatable bonds is 3. The molecule has 0 amide bonds. The summed E-state index contributed by atoms with van der Waals surface area (Å²) in [6.45, 7) is 3.38. The second kappa shape index (κ2) is 5.12. The molecule has 3 rings (SSSR count). The molecule has 2 N–H and O–H groups in total. The highest BCUT2D eigenvalue weighted by Crippen LogP contribution is 2.12. The summed E-state index contributed by atoms with van der Waals surface area (Å²) in [4.78, 5) is 2.27. The molecule has 0 radical (unpaired) electrons. The minimum Gasteiger partial charge on any atom is -0.423 e. The van der Waals surface area contributed by atoms with Crippen LogP contribution in [0.3, 0.4) is 0 Å². The second-order valence-corrected chi connectivity index (χ2v) is 4.77. The second-order valence-electron chi connectivity index (χ2n) is 4.77. The van der Waals surface area contributed by atoms with Gasteiger partial charge in [-0.1, -0.05) is 24.3 Å². The van der Waals surface area contributed by atoms with E-state index in [1.807, 2.05) is 18.2 Å². The van der Waals surface area contributed by atoms with E-state index in [2.05, 4.69) is 19.7 Å². The van der Waals surface area contributed by atoms with Crippen LogP contribution in [-0.2, 0) is 19.6 Å². The standard InChI is InChI=1S/C12H15BN4O2/c18-13(19)11-3-1-2-10(6-11)7-16-4-5-17-9-14-15-12(17)8-16/h1-3,6,9,18-19H,4-5,7-8H2. The Labute approximate surface area is 111 Å². The van der Waals surface area contributed by atoms with Gasteiger partial charge in [-0.05, 0) is 11.0 Å². The van der Waals surface area contributed by atoms with Crippen molar-refractivity contribution in [2.75, 3.05) is 6.54 Å². The van der Waals surface area contributed by atoms with E-state index in [1.54, 1.807) is 12.4 Å². The molecule has 2 heterocycles. The van der Waals surface area contributed by atoms with Crippen molar-refractivity contribution in [1.29, 1.82) is 0 Å². The fourth-order valence-corrected chi connectivity index (χ4v) is 2.36. The van der Waals surface area contributed by atoms with Crippen LogP contribution in [0.25, 0.3) is 0 Å². The van der Waals surface area contributed by atoms with Crippen LogP contribution in [0, 0.1) is 0 Å². The molecule has 7 heteroatoms. The first-order valence-corrected chi connectivity index (χ1v) is 6.26. The lowest BCUT2D eigenvalue weighted by molar-refractivity contribution is 0.209. The molecule has 1 aromatic heterocycles. The van der Waals surface area contributed by atoms with E-state index >= 15 is 0 Å². The number of hydrogen-bond donors (Lipinski definition) is 2. The fourth-order valence-electron chi connectivity index (χ4n) is 2.36. The molecule has 0 fully saturated rings. The summed E-state index contributed by atoms with van der Waals surface area (Å²) in [5.74, 6) is 0.976. The number of nitrogens with zero attached hydrogens (tertiary/aromatic N) is 4. The number of benzene rings is 1. The van der Waals surface area contributed by atoms with E-state index in [0.717, 1.165) is 37.6 Å². The van der Waals surface area contributed by atoms with Crippen molar-refractivity contribution in [1.82, 2.24) is 19.7 Å². The Morgan fingerprint density at radius 3 is 3.00 bits per heavy atom. The van der Waals surface area contributed by atoms with E-state index in [0.29, 0.717) is 5.46 Å². The third-order valence-corrected chi connectivity index (χ3v) is 3.37. The summed E-state index contributed by atoms with van der Waals surface area (Å²) in [5, 5.41) is 26.3. The summed E-state index contributed by atoms with van der Waals surface area (Å²) in [6.07, 6.45) is 1.76. The Hall–Kier alpha value is -1.70. The first-order valence-electron chi connectivity index (χ1n) is 6.26. The van der Waals surface area contributed by atoms with Crippen LogP contribution in [0.15, 0.2) is 30.6 Å². The monoisotopic (exact) mass is 258 g/mol. The van der Waals surface area contributed by atoms with E-state index in [-0.39, 0.29) is 0 Å². The minimum absolute atomic E-state index is 0.526. The highest BCUT2D eigenvalue weighted by atomic mass is 16.4. The summed E-state index contributed by atoms with van der Waals surface area (Å²) < 4.78 is 2.06. The molecular formula is C12H15BN4O2. The maximum Gasteiger partial charge on any atom is 0.488 e. The van der Waals surface area contributed by atoms with Gasteiger partial charge in [0.15, 0.2) is 0 Å². The molecule has 1 aromatic carbocycles. The quantitative estimate of drug-likeness (QED) is 0.689. The Morgan fingerprint density at radius 1 is 1.26 bits per heavy atom. The van der Waals surface area contributed by atoms with Crippen molar-refractivity contribution in [3.63, 3.8) is 0 Å². The third kappa shape index (κ3) is 2.68. The van der Waals surface area contributed by atoms with Crippen molar-refractivity contribution in [2.24, 2.45) is 0 Å². The average molecular weight is 258 g/mol. The molecule has 0 saturated carbocycles. The molecule has 0 saturated heterocycles. The van der Waals surface area contributed by atoms with Crippen LogP contribution in [0.4, 0.5) is 0 Å². The smallest absolute Gasteiger partial charge is 0.423 e. The van der Waals surface area contributed by atoms with Gasteiger partial charge in [-0.2, -0.15) is 0 Å². The number of aromatic nitrogens is 3. The van der Waals surface area contributed by atoms with E-state index in [9.17, 15) is 10.0 Å². The predicted molar refractivity (Wildman–Crippen MR) is 70.4 cm³/mol. The van der Waals surface area contributed by atoms with Crippen molar-refractivity contribution < 1.29 is 10.0 Å². The van der Waals surface area contributed by atoms with Gasteiger partial charge in [-0.3, -0.25) is 4.90 Å². The van der Waals surface area contributed by atoms with Crippen LogP contribution >= 0.6 is 0 Å². The van der Waals surface area contributed by atoms with Gasteiger partial charge in [-0.25, -0.2) is 0 Å². The molecule has 2 aromatic rings. The molecular weight excluding hydrogens is 243 g/mol. The first kappa shape index (κ1) is 12.3. The molecule has 0 bridgehead atoms. The van der Waals surface area contributed by atoms with Gasteiger partial charge in [0.25, 0.3) is 0 Å². The van der Waals surface area contributed by atoms with Crippen molar-refractivity contribution in [2.45, 2.75) is 19.6 Å². The molecule has 0 unspecified atom stereocenters. The Morgan fingerprint density at radius 2 is 2.16 bits per heavy atom. The van der Waals surface area contributed by atoms with Crippen molar-refractivity contribution in [3.05, 3.63) is 42.0 Å². The normalized spacial score (nSPS) is 15.3. The fraction of sp³-hybridized carbons (Fsp3) is 0.333. The lowest BCUT2D eigenvalue weighted by Gasteiger charge is -2.27. The van der Waals surface area contributed by atoms with Crippen LogP contribution < -0.4 is 5.46 Å². The predicted octanol–water partition coefficient (Wildman–Crippen LogP) is -1.03. The number of hydrogen-bond acceptors (Lipinski definition) is 5. The topological polar surface area (TPSA) is 74.4 Å². The highest BCUT2D eigenvalue weighted by molar-refractivity contribution is 6.58. The number of fused-ring (bicyclic) bond motifs is 1. The summed E-state index contributed by atoms with van der Waals surface area (Å²) in [6, 6.07) is 7.37. The van der Waals surface area contributed by atoms with Crippen LogP contribution in [0.5, 0.6) is 0 Å². The minimum atomic E-state index is -1.41. The van der Waals surface area contributed by atoms with Crippen LogP contribution in [-0.4, -0.2) is 43.4 Å². The summed E-state index contributed by atoms with van der Waals surface area (Å²) >= 11 is 0. The van der Waals surface area contributed by atoms with E-state index in [4.69, 9.17) is 0 Å². The van der Waals surface area contributed by atoms with Crippen LogP contribution in [0.1, 0.15) is 11.4 Å². The van der Waals surface area contributed by atoms with Gasteiger partial charge < -0.3 is 14.6 Å². The van der Waals surface area contributed by atoms with Crippen molar-refractivity contribution in [3.8, 4) is 0 Å². The molecule has 19 heavy (non-hydrogen) atoms. The van der Waals surface area contributed by atoms with E-state index in [1.165, 1.54) is 0 Å². The molecule has 0 spiro atoms. The van der Waals surface area contributed by atoms with Gasteiger partial charge in [0.05, 0.1) is 6.54 Å². The Bertz CT molecular complexity index is 572. The van der Waals surface area contributed by atoms with E-state index < -0.39 is 7.12 Å². The average Bonchev–Trinajstić information content (AvgIpc) is 2.86. The maximum atomic E-state index is 9.18. The van der Waals surface area contributed by atoms with Crippen LogP contribution in [0.2, 0.25) is 0 Å². The zero-order valence-corrected chi connectivity index (χ0v) is 10.5. The molecule has 0 atom stereocenters.